The summed E-state index contributed by atoms with van der Waals surface area (Å²) in [6.07, 6.45) is -3.47. The molecule has 0 radical (unpaired) electrons. The van der Waals surface area contributed by atoms with Crippen molar-refractivity contribution in [2.75, 3.05) is 26.3 Å². The highest BCUT2D eigenvalue weighted by Gasteiger charge is 2.34. The number of carbonyl (C=O) groups excluding carboxylic acids is 1. The van der Waals surface area contributed by atoms with E-state index in [4.69, 9.17) is 4.74 Å². The van der Waals surface area contributed by atoms with Crippen LogP contribution < -0.4 is 0 Å². The number of ether oxygens (including phenoxy) is 1. The number of nitrogens with zero attached hydrogens (tertiary/aromatic N) is 2. The van der Waals surface area contributed by atoms with E-state index in [1.807, 2.05) is 0 Å². The molecule has 0 spiro atoms. The van der Waals surface area contributed by atoms with Crippen LogP contribution in [-0.2, 0) is 10.9 Å². The first-order valence-electron chi connectivity index (χ1n) is 7.56. The highest BCUT2D eigenvalue weighted by atomic mass is 19.4. The Morgan fingerprint density at radius 2 is 1.84 bits per heavy atom. The van der Waals surface area contributed by atoms with Crippen LogP contribution in [0.3, 0.4) is 0 Å². The smallest absolute Gasteiger partial charge is 0.378 e. The van der Waals surface area contributed by atoms with Gasteiger partial charge in [0.15, 0.2) is 0 Å². The highest BCUT2D eigenvalue weighted by molar-refractivity contribution is 5.94. The molecule has 2 heterocycles. The first kappa shape index (κ1) is 17.3. The van der Waals surface area contributed by atoms with Crippen LogP contribution >= 0.6 is 0 Å². The molecule has 0 saturated carbocycles. The molecular weight excluding hydrogens is 340 g/mol. The molecule has 8 heteroatoms. The number of amides is 1. The summed E-state index contributed by atoms with van der Waals surface area (Å²) in [6, 6.07) is 5.16. The molecule has 1 aliphatic rings. The second-order valence-electron chi connectivity index (χ2n) is 5.52. The number of hydrogen-bond acceptors (Lipinski definition) is 3. The lowest BCUT2D eigenvalue weighted by Crippen LogP contribution is -2.40. The summed E-state index contributed by atoms with van der Waals surface area (Å²) < 4.78 is 57.7. The van der Waals surface area contributed by atoms with Gasteiger partial charge in [-0.05, 0) is 30.3 Å². The van der Waals surface area contributed by atoms with Crippen molar-refractivity contribution in [2.24, 2.45) is 0 Å². The SMILES string of the molecule is O=C(c1ccc(-c2ccc(F)cc2C(F)(F)F)nc1)N1CCOCC1. The van der Waals surface area contributed by atoms with Crippen LogP contribution in [0.2, 0.25) is 0 Å². The Bertz CT molecular complexity index is 769. The first-order chi connectivity index (χ1) is 11.9. The number of alkyl halides is 3. The lowest BCUT2D eigenvalue weighted by Gasteiger charge is -2.26. The van der Waals surface area contributed by atoms with E-state index >= 15 is 0 Å². The van der Waals surface area contributed by atoms with Gasteiger partial charge in [0.1, 0.15) is 5.82 Å². The fraction of sp³-hybridized carbons (Fsp3) is 0.294. The van der Waals surface area contributed by atoms with Gasteiger partial charge in [-0.25, -0.2) is 4.39 Å². The third kappa shape index (κ3) is 3.79. The van der Waals surface area contributed by atoms with Gasteiger partial charge in [-0.3, -0.25) is 9.78 Å². The predicted octanol–water partition coefficient (Wildman–Crippen LogP) is 3.38. The fourth-order valence-electron chi connectivity index (χ4n) is 2.60. The summed E-state index contributed by atoms with van der Waals surface area (Å²) in [5.74, 6) is -1.23. The largest absolute Gasteiger partial charge is 0.417 e. The summed E-state index contributed by atoms with van der Waals surface area (Å²) in [5.41, 5.74) is -1.04. The summed E-state index contributed by atoms with van der Waals surface area (Å²) >= 11 is 0. The molecule has 4 nitrogen and oxygen atoms in total. The van der Waals surface area contributed by atoms with Gasteiger partial charge in [-0.1, -0.05) is 0 Å². The lowest BCUT2D eigenvalue weighted by molar-refractivity contribution is -0.137. The van der Waals surface area contributed by atoms with Crippen molar-refractivity contribution >= 4 is 5.91 Å². The van der Waals surface area contributed by atoms with Crippen LogP contribution in [0.5, 0.6) is 0 Å². The van der Waals surface area contributed by atoms with E-state index in [1.165, 1.54) is 18.3 Å². The molecule has 1 aromatic heterocycles. The molecule has 0 atom stereocenters. The van der Waals surface area contributed by atoms with Crippen LogP contribution in [0, 0.1) is 5.82 Å². The number of pyridine rings is 1. The molecule has 0 bridgehead atoms. The van der Waals surface area contributed by atoms with Crippen molar-refractivity contribution in [3.05, 3.63) is 53.5 Å². The van der Waals surface area contributed by atoms with Gasteiger partial charge < -0.3 is 9.64 Å². The van der Waals surface area contributed by atoms with Gasteiger partial charge in [0, 0.05) is 24.8 Å². The van der Waals surface area contributed by atoms with Crippen LogP contribution in [0.4, 0.5) is 17.6 Å². The average molecular weight is 354 g/mol. The minimum Gasteiger partial charge on any atom is -0.378 e. The van der Waals surface area contributed by atoms with E-state index in [-0.39, 0.29) is 22.7 Å². The van der Waals surface area contributed by atoms with E-state index in [0.717, 1.165) is 12.1 Å². The van der Waals surface area contributed by atoms with Crippen molar-refractivity contribution in [3.8, 4) is 11.3 Å². The molecule has 0 N–H and O–H groups in total. The number of carbonyl (C=O) groups is 1. The number of rotatable bonds is 2. The molecule has 0 aliphatic carbocycles. The molecule has 1 saturated heterocycles. The Morgan fingerprint density at radius 3 is 2.44 bits per heavy atom. The Labute approximate surface area is 141 Å². The molecule has 1 fully saturated rings. The van der Waals surface area contributed by atoms with Crippen LogP contribution in [0.1, 0.15) is 15.9 Å². The molecule has 1 amide bonds. The number of hydrogen-bond donors (Lipinski definition) is 0. The summed E-state index contributed by atoms with van der Waals surface area (Å²) in [4.78, 5) is 17.9. The van der Waals surface area contributed by atoms with E-state index in [9.17, 15) is 22.4 Å². The molecule has 0 unspecified atom stereocenters. The third-order valence-corrected chi connectivity index (χ3v) is 3.87. The molecule has 25 heavy (non-hydrogen) atoms. The van der Waals surface area contributed by atoms with Gasteiger partial charge in [0.25, 0.3) is 5.91 Å². The molecule has 3 rings (SSSR count). The van der Waals surface area contributed by atoms with Crippen LogP contribution in [0.15, 0.2) is 36.5 Å². The normalized spacial score (nSPS) is 15.3. The van der Waals surface area contributed by atoms with Crippen LogP contribution in [0.25, 0.3) is 11.3 Å². The Hall–Kier alpha value is -2.48. The summed E-state index contributed by atoms with van der Waals surface area (Å²) in [7, 11) is 0. The fourth-order valence-corrected chi connectivity index (χ4v) is 2.60. The van der Waals surface area contributed by atoms with E-state index < -0.39 is 17.6 Å². The van der Waals surface area contributed by atoms with Gasteiger partial charge in [-0.15, -0.1) is 0 Å². The van der Waals surface area contributed by atoms with Gasteiger partial charge >= 0.3 is 6.18 Å². The molecule has 1 aliphatic heterocycles. The number of aromatic nitrogens is 1. The van der Waals surface area contributed by atoms with E-state index in [2.05, 4.69) is 4.98 Å². The van der Waals surface area contributed by atoms with E-state index in [0.29, 0.717) is 32.4 Å². The van der Waals surface area contributed by atoms with Crippen LogP contribution in [-0.4, -0.2) is 42.1 Å². The number of benzene rings is 1. The average Bonchev–Trinajstić information content (AvgIpc) is 2.61. The van der Waals surface area contributed by atoms with Crippen molar-refractivity contribution in [1.29, 1.82) is 0 Å². The maximum atomic E-state index is 13.2. The van der Waals surface area contributed by atoms with E-state index in [1.54, 1.807) is 4.90 Å². The summed E-state index contributed by atoms with van der Waals surface area (Å²) in [5, 5.41) is 0. The number of halogens is 4. The predicted molar refractivity (Wildman–Crippen MR) is 81.4 cm³/mol. The zero-order valence-corrected chi connectivity index (χ0v) is 13.0. The number of morpholine rings is 1. The van der Waals surface area contributed by atoms with Crippen molar-refractivity contribution in [3.63, 3.8) is 0 Å². The molecule has 1 aromatic carbocycles. The van der Waals surface area contributed by atoms with Crippen molar-refractivity contribution in [1.82, 2.24) is 9.88 Å². The Morgan fingerprint density at radius 1 is 1.12 bits per heavy atom. The molecular formula is C17H14F4N2O2. The topological polar surface area (TPSA) is 42.4 Å². The molecule has 2 aromatic rings. The first-order valence-corrected chi connectivity index (χ1v) is 7.56. The third-order valence-electron chi connectivity index (χ3n) is 3.87. The standard InChI is InChI=1S/C17H14F4N2O2/c18-12-2-3-13(14(9-12)17(19,20)21)15-4-1-11(10-22-15)16(24)23-5-7-25-8-6-23/h1-4,9-10H,5-8H2. The van der Waals surface area contributed by atoms with Crippen molar-refractivity contribution in [2.45, 2.75) is 6.18 Å². The zero-order valence-electron chi connectivity index (χ0n) is 13.0. The lowest BCUT2D eigenvalue weighted by atomic mass is 10.0. The maximum absolute atomic E-state index is 13.2. The zero-order chi connectivity index (χ0) is 18.0. The quantitative estimate of drug-likeness (QED) is 0.777. The molecule has 132 valence electrons. The second-order valence-corrected chi connectivity index (χ2v) is 5.52. The Balaban J connectivity index is 1.89. The minimum absolute atomic E-state index is 0.0193. The van der Waals surface area contributed by atoms with Crippen molar-refractivity contribution < 1.29 is 27.1 Å². The Kier molecular flexibility index (Phi) is 4.71. The second kappa shape index (κ2) is 6.79. The monoisotopic (exact) mass is 354 g/mol. The minimum atomic E-state index is -4.71. The van der Waals surface area contributed by atoms with Gasteiger partial charge in [0.2, 0.25) is 0 Å². The summed E-state index contributed by atoms with van der Waals surface area (Å²) in [6.45, 7) is 1.80. The van der Waals surface area contributed by atoms with Gasteiger partial charge in [-0.2, -0.15) is 13.2 Å². The highest BCUT2D eigenvalue weighted by Crippen LogP contribution is 2.36. The maximum Gasteiger partial charge on any atom is 0.417 e. The van der Waals surface area contributed by atoms with Gasteiger partial charge in [0.05, 0.1) is 30.0 Å².